The van der Waals surface area contributed by atoms with Gasteiger partial charge in [-0.2, -0.15) is 0 Å². The normalized spacial score (nSPS) is 16.2. The molecule has 0 aromatic carbocycles. The van der Waals surface area contributed by atoms with Gasteiger partial charge in [-0.15, -0.1) is 11.3 Å². The molecule has 0 unspecified atom stereocenters. The maximum atomic E-state index is 5.45. The number of nitrogens with one attached hydrogen (secondary N) is 1. The third kappa shape index (κ3) is 7.74. The van der Waals surface area contributed by atoms with E-state index in [1.807, 2.05) is 0 Å². The average Bonchev–Trinajstić information content (AvgIpc) is 3.04. The SMILES string of the molecule is CCNC(=NCCCCc1nc(C)cs1)N(C)CCC1CCOCC1. The second kappa shape index (κ2) is 11.5. The van der Waals surface area contributed by atoms with E-state index in [1.54, 1.807) is 11.3 Å². The number of aryl methyl sites for hydroxylation is 2. The van der Waals surface area contributed by atoms with Crippen LogP contribution in [0.2, 0.25) is 0 Å². The van der Waals surface area contributed by atoms with Crippen molar-refractivity contribution in [3.05, 3.63) is 16.1 Å². The Morgan fingerprint density at radius 1 is 1.40 bits per heavy atom. The van der Waals surface area contributed by atoms with Crippen molar-refractivity contribution in [2.24, 2.45) is 10.9 Å². The number of hydrogen-bond acceptors (Lipinski definition) is 4. The van der Waals surface area contributed by atoms with Gasteiger partial charge in [0.15, 0.2) is 5.96 Å². The molecule has 25 heavy (non-hydrogen) atoms. The van der Waals surface area contributed by atoms with Crippen molar-refractivity contribution in [2.45, 2.75) is 52.4 Å². The zero-order valence-corrected chi connectivity index (χ0v) is 16.9. The van der Waals surface area contributed by atoms with Gasteiger partial charge >= 0.3 is 0 Å². The number of thiazole rings is 1. The molecule has 142 valence electrons. The highest BCUT2D eigenvalue weighted by molar-refractivity contribution is 7.09. The fourth-order valence-corrected chi connectivity index (χ4v) is 3.90. The van der Waals surface area contributed by atoms with E-state index in [-0.39, 0.29) is 0 Å². The van der Waals surface area contributed by atoms with Crippen molar-refractivity contribution < 1.29 is 4.74 Å². The van der Waals surface area contributed by atoms with E-state index in [4.69, 9.17) is 9.73 Å². The molecule has 0 radical (unpaired) electrons. The van der Waals surface area contributed by atoms with Gasteiger partial charge < -0.3 is 15.0 Å². The Morgan fingerprint density at radius 2 is 2.20 bits per heavy atom. The molecule has 0 atom stereocenters. The Bertz CT molecular complexity index is 511. The summed E-state index contributed by atoms with van der Waals surface area (Å²) in [5.41, 5.74) is 1.14. The summed E-state index contributed by atoms with van der Waals surface area (Å²) in [4.78, 5) is 11.6. The number of ether oxygens (including phenoxy) is 1. The molecule has 1 aliphatic heterocycles. The van der Waals surface area contributed by atoms with Gasteiger partial charge in [0.25, 0.3) is 0 Å². The quantitative estimate of drug-likeness (QED) is 0.413. The smallest absolute Gasteiger partial charge is 0.193 e. The maximum Gasteiger partial charge on any atom is 0.193 e. The Labute approximate surface area is 156 Å². The Balaban J connectivity index is 1.68. The first kappa shape index (κ1) is 20.2. The second-order valence-electron chi connectivity index (χ2n) is 6.84. The van der Waals surface area contributed by atoms with Crippen LogP contribution in [-0.2, 0) is 11.2 Å². The highest BCUT2D eigenvalue weighted by Crippen LogP contribution is 2.18. The molecular weight excluding hydrogens is 332 g/mol. The first-order valence-corrected chi connectivity index (χ1v) is 10.5. The molecule has 0 aliphatic carbocycles. The van der Waals surface area contributed by atoms with Gasteiger partial charge in [0.05, 0.1) is 5.01 Å². The first-order chi connectivity index (χ1) is 12.2. The van der Waals surface area contributed by atoms with Gasteiger partial charge in [0, 0.05) is 51.0 Å². The first-order valence-electron chi connectivity index (χ1n) is 9.67. The van der Waals surface area contributed by atoms with Crippen LogP contribution in [0, 0.1) is 12.8 Å². The second-order valence-corrected chi connectivity index (χ2v) is 7.78. The van der Waals surface area contributed by atoms with E-state index in [9.17, 15) is 0 Å². The highest BCUT2D eigenvalue weighted by Gasteiger charge is 2.15. The molecule has 0 amide bonds. The minimum atomic E-state index is 0.806. The van der Waals surface area contributed by atoms with Crippen LogP contribution in [0.1, 0.15) is 49.7 Å². The summed E-state index contributed by atoms with van der Waals surface area (Å²) in [6, 6.07) is 0. The van der Waals surface area contributed by atoms with Crippen LogP contribution in [0.15, 0.2) is 10.4 Å². The lowest BCUT2D eigenvalue weighted by Gasteiger charge is -2.26. The number of unbranched alkanes of at least 4 members (excludes halogenated alkanes) is 1. The van der Waals surface area contributed by atoms with E-state index in [1.165, 1.54) is 24.3 Å². The minimum absolute atomic E-state index is 0.806. The van der Waals surface area contributed by atoms with Gasteiger partial charge in [0.2, 0.25) is 0 Å². The number of rotatable bonds is 9. The summed E-state index contributed by atoms with van der Waals surface area (Å²) < 4.78 is 5.45. The van der Waals surface area contributed by atoms with Crippen LogP contribution in [-0.4, -0.2) is 55.7 Å². The number of guanidine groups is 1. The lowest BCUT2D eigenvalue weighted by atomic mass is 9.96. The molecule has 0 spiro atoms. The molecule has 1 N–H and O–H groups in total. The van der Waals surface area contributed by atoms with E-state index in [0.29, 0.717) is 0 Å². The molecule has 1 aromatic heterocycles. The number of hydrogen-bond donors (Lipinski definition) is 1. The lowest BCUT2D eigenvalue weighted by Crippen LogP contribution is -2.40. The van der Waals surface area contributed by atoms with E-state index in [0.717, 1.165) is 69.7 Å². The Kier molecular flexibility index (Phi) is 9.26. The molecular formula is C19H34N4OS. The number of nitrogens with zero attached hydrogens (tertiary/aromatic N) is 3. The molecule has 5 nitrogen and oxygen atoms in total. The standard InChI is InChI=1S/C19H34N4OS/c1-4-20-19(23(3)12-8-17-9-13-24-14-10-17)21-11-6-5-7-18-22-16(2)15-25-18/h15,17H,4-14H2,1-3H3,(H,20,21). The highest BCUT2D eigenvalue weighted by atomic mass is 32.1. The predicted molar refractivity (Wildman–Crippen MR) is 107 cm³/mol. The summed E-state index contributed by atoms with van der Waals surface area (Å²) in [6.45, 7) is 8.92. The van der Waals surface area contributed by atoms with Crippen molar-refractivity contribution in [2.75, 3.05) is 39.9 Å². The topological polar surface area (TPSA) is 49.8 Å². The molecule has 6 heteroatoms. The van der Waals surface area contributed by atoms with Crippen LogP contribution < -0.4 is 5.32 Å². The van der Waals surface area contributed by atoms with Crippen molar-refractivity contribution in [1.82, 2.24) is 15.2 Å². The van der Waals surface area contributed by atoms with Crippen molar-refractivity contribution >= 4 is 17.3 Å². The fourth-order valence-electron chi connectivity index (χ4n) is 3.08. The molecule has 2 heterocycles. The third-order valence-electron chi connectivity index (χ3n) is 4.64. The summed E-state index contributed by atoms with van der Waals surface area (Å²) in [7, 11) is 2.15. The predicted octanol–water partition coefficient (Wildman–Crippen LogP) is 3.49. The largest absolute Gasteiger partial charge is 0.381 e. The summed E-state index contributed by atoms with van der Waals surface area (Å²) in [5.74, 6) is 1.85. The number of aromatic nitrogens is 1. The molecule has 1 fully saturated rings. The van der Waals surface area contributed by atoms with Gasteiger partial charge in [-0.3, -0.25) is 4.99 Å². The zero-order chi connectivity index (χ0) is 17.9. The summed E-state index contributed by atoms with van der Waals surface area (Å²) >= 11 is 1.77. The van der Waals surface area contributed by atoms with Crippen LogP contribution in [0.25, 0.3) is 0 Å². The van der Waals surface area contributed by atoms with Crippen LogP contribution >= 0.6 is 11.3 Å². The van der Waals surface area contributed by atoms with Crippen LogP contribution in [0.5, 0.6) is 0 Å². The molecule has 0 saturated carbocycles. The lowest BCUT2D eigenvalue weighted by molar-refractivity contribution is 0.0625. The molecule has 2 rings (SSSR count). The zero-order valence-electron chi connectivity index (χ0n) is 16.1. The van der Waals surface area contributed by atoms with Gasteiger partial charge in [-0.05, 0) is 58.3 Å². The van der Waals surface area contributed by atoms with E-state index >= 15 is 0 Å². The monoisotopic (exact) mass is 366 g/mol. The van der Waals surface area contributed by atoms with Crippen LogP contribution in [0.4, 0.5) is 0 Å². The Hall–Kier alpha value is -1.14. The van der Waals surface area contributed by atoms with Gasteiger partial charge in [0.1, 0.15) is 0 Å². The molecule has 0 bridgehead atoms. The summed E-state index contributed by atoms with van der Waals surface area (Å²) in [6.07, 6.45) is 6.98. The molecule has 1 aromatic rings. The van der Waals surface area contributed by atoms with E-state index < -0.39 is 0 Å². The van der Waals surface area contributed by atoms with Gasteiger partial charge in [-0.25, -0.2) is 4.98 Å². The average molecular weight is 367 g/mol. The van der Waals surface area contributed by atoms with Crippen LogP contribution in [0.3, 0.4) is 0 Å². The maximum absolute atomic E-state index is 5.45. The van der Waals surface area contributed by atoms with Crippen molar-refractivity contribution in [3.63, 3.8) is 0 Å². The number of aliphatic imine (C=N–C) groups is 1. The van der Waals surface area contributed by atoms with Gasteiger partial charge in [-0.1, -0.05) is 0 Å². The fraction of sp³-hybridized carbons (Fsp3) is 0.789. The Morgan fingerprint density at radius 3 is 2.88 bits per heavy atom. The summed E-state index contributed by atoms with van der Waals surface area (Å²) in [5, 5.41) is 6.80. The third-order valence-corrected chi connectivity index (χ3v) is 5.66. The minimum Gasteiger partial charge on any atom is -0.381 e. The van der Waals surface area contributed by atoms with Crippen molar-refractivity contribution in [1.29, 1.82) is 0 Å². The van der Waals surface area contributed by atoms with E-state index in [2.05, 4.69) is 41.5 Å². The molecule has 1 saturated heterocycles. The molecule has 1 aliphatic rings. The van der Waals surface area contributed by atoms with Crippen molar-refractivity contribution in [3.8, 4) is 0 Å².